The Hall–Kier alpha value is 0.310. The Morgan fingerprint density at radius 2 is 1.85 bits per heavy atom. The third-order valence-corrected chi connectivity index (χ3v) is 4.14. The monoisotopic (exact) mass is 200 g/mol. The molecule has 2 saturated carbocycles. The lowest BCUT2D eigenvalue weighted by Gasteiger charge is -2.24. The normalized spacial score (nSPS) is 27.5. The van der Waals surface area contributed by atoms with Gasteiger partial charge in [0, 0.05) is 5.41 Å². The van der Waals surface area contributed by atoms with Gasteiger partial charge >= 0.3 is 0 Å². The second-order valence-electron chi connectivity index (χ2n) is 4.73. The van der Waals surface area contributed by atoms with Crippen LogP contribution in [0.1, 0.15) is 44.9 Å². The molecule has 2 fully saturated rings. The minimum atomic E-state index is 0.487. The van der Waals surface area contributed by atoms with E-state index in [4.69, 9.17) is 4.74 Å². The summed E-state index contributed by atoms with van der Waals surface area (Å²) in [4.78, 5) is 0. The summed E-state index contributed by atoms with van der Waals surface area (Å²) < 4.78 is 5.95. The van der Waals surface area contributed by atoms with Gasteiger partial charge in [-0.15, -0.1) is 0 Å². The minimum Gasteiger partial charge on any atom is -0.378 e. The average Bonchev–Trinajstić information content (AvgIpc) is 2.97. The average molecular weight is 200 g/mol. The Balaban J connectivity index is 1.66. The van der Waals surface area contributed by atoms with E-state index in [0.717, 1.165) is 12.4 Å². The molecule has 0 aromatic rings. The third kappa shape index (κ3) is 2.63. The number of hydrogen-bond acceptors (Lipinski definition) is 2. The van der Waals surface area contributed by atoms with Crippen molar-refractivity contribution in [2.75, 3.05) is 12.4 Å². The molecular weight excluding hydrogens is 180 g/mol. The van der Waals surface area contributed by atoms with E-state index in [1.807, 2.05) is 0 Å². The van der Waals surface area contributed by atoms with Gasteiger partial charge in [0.25, 0.3) is 0 Å². The van der Waals surface area contributed by atoms with Crippen LogP contribution in [0, 0.1) is 5.41 Å². The molecule has 0 heterocycles. The molecular formula is C11H20OS. The Labute approximate surface area is 86.6 Å². The van der Waals surface area contributed by atoms with E-state index in [9.17, 15) is 0 Å². The first-order valence-corrected chi connectivity index (χ1v) is 6.20. The zero-order valence-electron chi connectivity index (χ0n) is 8.30. The third-order valence-electron chi connectivity index (χ3n) is 3.47. The van der Waals surface area contributed by atoms with Crippen LogP contribution in [0.15, 0.2) is 0 Å². The molecule has 13 heavy (non-hydrogen) atoms. The van der Waals surface area contributed by atoms with Crippen molar-refractivity contribution in [3.63, 3.8) is 0 Å². The smallest absolute Gasteiger partial charge is 0.0575 e. The Kier molecular flexibility index (Phi) is 3.20. The zero-order chi connectivity index (χ0) is 9.15. The molecule has 2 aliphatic rings. The summed E-state index contributed by atoms with van der Waals surface area (Å²) in [5, 5.41) is 0. The summed E-state index contributed by atoms with van der Waals surface area (Å²) in [5.41, 5.74) is 0.487. The van der Waals surface area contributed by atoms with Crippen LogP contribution in [0.5, 0.6) is 0 Å². The maximum Gasteiger partial charge on any atom is 0.0575 e. The molecule has 0 atom stereocenters. The highest BCUT2D eigenvalue weighted by Gasteiger charge is 2.41. The predicted molar refractivity (Wildman–Crippen MR) is 58.3 cm³/mol. The predicted octanol–water partition coefficient (Wildman–Crippen LogP) is 3.05. The molecule has 0 unspecified atom stereocenters. The lowest BCUT2D eigenvalue weighted by Crippen LogP contribution is -2.22. The topological polar surface area (TPSA) is 9.23 Å². The van der Waals surface area contributed by atoms with Crippen LogP contribution in [0.2, 0.25) is 0 Å². The molecule has 2 heteroatoms. The van der Waals surface area contributed by atoms with Crippen molar-refractivity contribution in [2.45, 2.75) is 51.0 Å². The van der Waals surface area contributed by atoms with E-state index in [0.29, 0.717) is 11.5 Å². The molecule has 1 nitrogen and oxygen atoms in total. The maximum atomic E-state index is 5.95. The first kappa shape index (κ1) is 9.85. The molecule has 0 amide bonds. The van der Waals surface area contributed by atoms with Gasteiger partial charge in [-0.1, -0.05) is 19.3 Å². The fraction of sp³-hybridized carbons (Fsp3) is 1.00. The van der Waals surface area contributed by atoms with E-state index in [1.54, 1.807) is 0 Å². The Morgan fingerprint density at radius 1 is 1.15 bits per heavy atom. The van der Waals surface area contributed by atoms with E-state index in [1.165, 1.54) is 44.9 Å². The molecule has 0 spiro atoms. The Morgan fingerprint density at radius 3 is 2.38 bits per heavy atom. The molecule has 2 aliphatic carbocycles. The highest BCUT2D eigenvalue weighted by Crippen LogP contribution is 2.47. The number of thiol groups is 1. The summed E-state index contributed by atoms with van der Waals surface area (Å²) in [7, 11) is 0. The van der Waals surface area contributed by atoms with Crippen LogP contribution in [0.3, 0.4) is 0 Å². The van der Waals surface area contributed by atoms with Crippen LogP contribution < -0.4 is 0 Å². The van der Waals surface area contributed by atoms with Gasteiger partial charge < -0.3 is 4.74 Å². The van der Waals surface area contributed by atoms with Gasteiger partial charge in [0.2, 0.25) is 0 Å². The standard InChI is InChI=1S/C11H20OS/c13-9-11(6-7-11)8-12-10-4-2-1-3-5-10/h10,13H,1-9H2. The lowest BCUT2D eigenvalue weighted by molar-refractivity contribution is 0.00640. The number of hydrogen-bond donors (Lipinski definition) is 1. The largest absolute Gasteiger partial charge is 0.378 e. The van der Waals surface area contributed by atoms with Crippen molar-refractivity contribution in [3.8, 4) is 0 Å². The molecule has 0 aromatic carbocycles. The van der Waals surface area contributed by atoms with Gasteiger partial charge in [-0.25, -0.2) is 0 Å². The van der Waals surface area contributed by atoms with E-state index in [2.05, 4.69) is 12.6 Å². The number of ether oxygens (including phenoxy) is 1. The first-order valence-electron chi connectivity index (χ1n) is 5.57. The van der Waals surface area contributed by atoms with Crippen LogP contribution in [0.25, 0.3) is 0 Å². The summed E-state index contributed by atoms with van der Waals surface area (Å²) >= 11 is 4.38. The summed E-state index contributed by atoms with van der Waals surface area (Å²) in [5.74, 6) is 1.01. The SMILES string of the molecule is SCC1(COC2CCCCC2)CC1. The second-order valence-corrected chi connectivity index (χ2v) is 5.05. The van der Waals surface area contributed by atoms with Gasteiger partial charge in [0.15, 0.2) is 0 Å². The quantitative estimate of drug-likeness (QED) is 0.686. The van der Waals surface area contributed by atoms with Crippen LogP contribution in [-0.2, 0) is 4.74 Å². The van der Waals surface area contributed by atoms with Crippen molar-refractivity contribution in [2.24, 2.45) is 5.41 Å². The van der Waals surface area contributed by atoms with Crippen molar-refractivity contribution in [3.05, 3.63) is 0 Å². The fourth-order valence-corrected chi connectivity index (χ4v) is 2.46. The summed E-state index contributed by atoms with van der Waals surface area (Å²) in [6, 6.07) is 0. The van der Waals surface area contributed by atoms with Gasteiger partial charge in [-0.3, -0.25) is 0 Å². The zero-order valence-corrected chi connectivity index (χ0v) is 9.19. The minimum absolute atomic E-state index is 0.487. The fourth-order valence-electron chi connectivity index (χ4n) is 2.05. The van der Waals surface area contributed by atoms with Gasteiger partial charge in [-0.05, 0) is 31.4 Å². The summed E-state index contributed by atoms with van der Waals surface area (Å²) in [6.07, 6.45) is 10.00. The van der Waals surface area contributed by atoms with Crippen molar-refractivity contribution >= 4 is 12.6 Å². The summed E-state index contributed by atoms with van der Waals surface area (Å²) in [6.45, 7) is 0.973. The van der Waals surface area contributed by atoms with E-state index < -0.39 is 0 Å². The van der Waals surface area contributed by atoms with E-state index >= 15 is 0 Å². The lowest BCUT2D eigenvalue weighted by atomic mass is 9.97. The molecule has 2 rings (SSSR count). The molecule has 0 radical (unpaired) electrons. The van der Waals surface area contributed by atoms with Crippen molar-refractivity contribution in [1.82, 2.24) is 0 Å². The molecule has 76 valence electrons. The van der Waals surface area contributed by atoms with Crippen molar-refractivity contribution in [1.29, 1.82) is 0 Å². The molecule has 0 saturated heterocycles. The second kappa shape index (κ2) is 4.22. The van der Waals surface area contributed by atoms with Gasteiger partial charge in [0.05, 0.1) is 12.7 Å². The van der Waals surface area contributed by atoms with Gasteiger partial charge in [-0.2, -0.15) is 12.6 Å². The van der Waals surface area contributed by atoms with Gasteiger partial charge in [0.1, 0.15) is 0 Å². The molecule has 0 aromatic heterocycles. The number of rotatable bonds is 4. The maximum absolute atomic E-state index is 5.95. The van der Waals surface area contributed by atoms with Crippen LogP contribution in [-0.4, -0.2) is 18.5 Å². The highest BCUT2D eigenvalue weighted by atomic mass is 32.1. The molecule has 0 bridgehead atoms. The Bertz CT molecular complexity index is 159. The van der Waals surface area contributed by atoms with Crippen molar-refractivity contribution < 1.29 is 4.74 Å². The van der Waals surface area contributed by atoms with Crippen LogP contribution in [0.4, 0.5) is 0 Å². The molecule has 0 aliphatic heterocycles. The van der Waals surface area contributed by atoms with Crippen LogP contribution >= 0.6 is 12.6 Å². The van der Waals surface area contributed by atoms with E-state index in [-0.39, 0.29) is 0 Å². The highest BCUT2D eigenvalue weighted by molar-refractivity contribution is 7.80. The molecule has 0 N–H and O–H groups in total. The first-order chi connectivity index (χ1) is 6.35.